The molecule has 1 aliphatic rings. The molecule has 2 aromatic carbocycles. The van der Waals surface area contributed by atoms with Gasteiger partial charge in [0, 0.05) is 10.0 Å². The van der Waals surface area contributed by atoms with E-state index in [2.05, 4.69) is 5.32 Å². The third-order valence-corrected chi connectivity index (χ3v) is 4.52. The monoisotopic (exact) mass is 349 g/mol. The molecule has 0 fully saturated rings. The summed E-state index contributed by atoms with van der Waals surface area (Å²) in [6.45, 7) is 2.34. The maximum absolute atomic E-state index is 12.5. The van der Waals surface area contributed by atoms with Gasteiger partial charge in [-0.2, -0.15) is 0 Å². The quantitative estimate of drug-likeness (QED) is 0.890. The van der Waals surface area contributed by atoms with E-state index in [1.807, 2.05) is 43.3 Å². The highest BCUT2D eigenvalue weighted by atomic mass is 35.5. The van der Waals surface area contributed by atoms with Gasteiger partial charge >= 0.3 is 0 Å². The summed E-state index contributed by atoms with van der Waals surface area (Å²) in [4.78, 5) is 12.5. The highest BCUT2D eigenvalue weighted by Gasteiger charge is 2.27. The van der Waals surface area contributed by atoms with Gasteiger partial charge in [-0.3, -0.25) is 4.79 Å². The molecule has 0 radical (unpaired) electrons. The van der Waals surface area contributed by atoms with E-state index in [0.29, 0.717) is 23.1 Å². The number of halogens is 2. The van der Waals surface area contributed by atoms with E-state index < -0.39 is 0 Å². The summed E-state index contributed by atoms with van der Waals surface area (Å²) in [6.07, 6.45) is 0.634. The molecule has 120 valence electrons. The van der Waals surface area contributed by atoms with Crippen LogP contribution in [0.25, 0.3) is 0 Å². The predicted octanol–water partition coefficient (Wildman–Crippen LogP) is 4.42. The number of nitrogens with one attached hydrogen (secondary N) is 1. The number of fused-ring (bicyclic) bond motifs is 1. The minimum atomic E-state index is -0.212. The molecule has 0 aromatic heterocycles. The topological polar surface area (TPSA) is 38.3 Å². The first-order valence-corrected chi connectivity index (χ1v) is 8.25. The van der Waals surface area contributed by atoms with Crippen molar-refractivity contribution < 1.29 is 9.53 Å². The second kappa shape index (κ2) is 6.81. The molecule has 0 saturated heterocycles. The van der Waals surface area contributed by atoms with Crippen LogP contribution < -0.4 is 10.1 Å². The van der Waals surface area contributed by atoms with E-state index in [1.165, 1.54) is 0 Å². The Balaban J connectivity index is 1.66. The molecule has 1 heterocycles. The molecule has 1 amide bonds. The fraction of sp³-hybridized carbons (Fsp3) is 0.278. The number of carbonyl (C=O) groups is 1. The van der Waals surface area contributed by atoms with Crippen LogP contribution in [-0.4, -0.2) is 12.5 Å². The van der Waals surface area contributed by atoms with Crippen LogP contribution in [0.2, 0.25) is 10.0 Å². The van der Waals surface area contributed by atoms with Gasteiger partial charge in [0.05, 0.1) is 12.0 Å². The summed E-state index contributed by atoms with van der Waals surface area (Å²) < 4.78 is 5.68. The highest BCUT2D eigenvalue weighted by Crippen LogP contribution is 2.30. The molecule has 0 aliphatic carbocycles. The maximum Gasteiger partial charge on any atom is 0.227 e. The second-order valence-electron chi connectivity index (χ2n) is 5.75. The molecule has 23 heavy (non-hydrogen) atoms. The van der Waals surface area contributed by atoms with E-state index in [0.717, 1.165) is 16.9 Å². The molecular formula is C18H17Cl2NO2. The van der Waals surface area contributed by atoms with Gasteiger partial charge in [-0.15, -0.1) is 0 Å². The van der Waals surface area contributed by atoms with E-state index in [1.54, 1.807) is 6.07 Å². The third kappa shape index (κ3) is 3.80. The van der Waals surface area contributed by atoms with Crippen molar-refractivity contribution in [2.45, 2.75) is 19.4 Å². The SMILES string of the molecule is C[C@H](NC(=O)[C@@H]1COc2ccc(Cl)cc2C1)c1ccc(Cl)cc1. The summed E-state index contributed by atoms with van der Waals surface area (Å²) in [5.74, 6) is 0.581. The van der Waals surface area contributed by atoms with Crippen LogP contribution in [0.5, 0.6) is 5.75 Å². The fourth-order valence-corrected chi connectivity index (χ4v) is 3.02. The molecule has 0 bridgehead atoms. The molecule has 0 saturated carbocycles. The smallest absolute Gasteiger partial charge is 0.227 e. The Morgan fingerprint density at radius 2 is 1.87 bits per heavy atom. The first-order chi connectivity index (χ1) is 11.0. The molecule has 2 aromatic rings. The van der Waals surface area contributed by atoms with Crippen molar-refractivity contribution in [3.8, 4) is 5.75 Å². The molecule has 0 unspecified atom stereocenters. The van der Waals surface area contributed by atoms with Crippen molar-refractivity contribution in [2.75, 3.05) is 6.61 Å². The van der Waals surface area contributed by atoms with Gasteiger partial charge in [-0.25, -0.2) is 0 Å². The number of hydrogen-bond donors (Lipinski definition) is 1. The summed E-state index contributed by atoms with van der Waals surface area (Å²) >= 11 is 11.9. The van der Waals surface area contributed by atoms with Gasteiger partial charge < -0.3 is 10.1 Å². The zero-order chi connectivity index (χ0) is 16.4. The van der Waals surface area contributed by atoms with Crippen molar-refractivity contribution in [3.05, 3.63) is 63.6 Å². The van der Waals surface area contributed by atoms with Crippen LogP contribution in [0.3, 0.4) is 0 Å². The molecule has 3 rings (SSSR count). The van der Waals surface area contributed by atoms with Gasteiger partial charge in [0.2, 0.25) is 5.91 Å². The van der Waals surface area contributed by atoms with Crippen LogP contribution in [0.4, 0.5) is 0 Å². The first-order valence-electron chi connectivity index (χ1n) is 7.50. The van der Waals surface area contributed by atoms with Gasteiger partial charge in [-0.1, -0.05) is 35.3 Å². The van der Waals surface area contributed by atoms with Gasteiger partial charge in [-0.05, 0) is 54.8 Å². The molecule has 2 atom stereocenters. The molecule has 1 aliphatic heterocycles. The Morgan fingerprint density at radius 3 is 2.61 bits per heavy atom. The zero-order valence-corrected chi connectivity index (χ0v) is 14.2. The highest BCUT2D eigenvalue weighted by molar-refractivity contribution is 6.30. The van der Waals surface area contributed by atoms with Gasteiger partial charge in [0.25, 0.3) is 0 Å². The number of amides is 1. The lowest BCUT2D eigenvalue weighted by molar-refractivity contribution is -0.126. The third-order valence-electron chi connectivity index (χ3n) is 4.03. The van der Waals surface area contributed by atoms with Crippen molar-refractivity contribution in [2.24, 2.45) is 5.92 Å². The lowest BCUT2D eigenvalue weighted by Crippen LogP contribution is -2.38. The maximum atomic E-state index is 12.5. The molecule has 5 heteroatoms. The van der Waals surface area contributed by atoms with Crippen molar-refractivity contribution in [3.63, 3.8) is 0 Å². The number of ether oxygens (including phenoxy) is 1. The molecule has 0 spiro atoms. The summed E-state index contributed by atoms with van der Waals surface area (Å²) in [5.41, 5.74) is 1.99. The summed E-state index contributed by atoms with van der Waals surface area (Å²) in [5, 5.41) is 4.37. The standard InChI is InChI=1S/C18H17Cl2NO2/c1-11(12-2-4-15(19)5-3-12)21-18(22)14-8-13-9-16(20)6-7-17(13)23-10-14/h2-7,9,11,14H,8,10H2,1H3,(H,21,22)/t11-,14-/m0/s1. The first kappa shape index (κ1) is 16.2. The van der Waals surface area contributed by atoms with Crippen LogP contribution in [0.15, 0.2) is 42.5 Å². The average molecular weight is 350 g/mol. The Labute approximate surface area is 145 Å². The van der Waals surface area contributed by atoms with E-state index in [9.17, 15) is 4.79 Å². The van der Waals surface area contributed by atoms with E-state index >= 15 is 0 Å². The van der Waals surface area contributed by atoms with Gasteiger partial charge in [0.1, 0.15) is 12.4 Å². The molecule has 3 nitrogen and oxygen atoms in total. The van der Waals surface area contributed by atoms with E-state index in [-0.39, 0.29) is 17.9 Å². The Morgan fingerprint density at radius 1 is 1.17 bits per heavy atom. The fourth-order valence-electron chi connectivity index (χ4n) is 2.70. The van der Waals surface area contributed by atoms with Crippen LogP contribution in [0.1, 0.15) is 24.1 Å². The van der Waals surface area contributed by atoms with E-state index in [4.69, 9.17) is 27.9 Å². The van der Waals surface area contributed by atoms with Gasteiger partial charge in [0.15, 0.2) is 0 Å². The number of carbonyl (C=O) groups excluding carboxylic acids is 1. The molecular weight excluding hydrogens is 333 g/mol. The number of hydrogen-bond acceptors (Lipinski definition) is 2. The number of rotatable bonds is 3. The average Bonchev–Trinajstić information content (AvgIpc) is 2.54. The van der Waals surface area contributed by atoms with Crippen LogP contribution in [0, 0.1) is 5.92 Å². The summed E-state index contributed by atoms with van der Waals surface area (Å²) in [7, 11) is 0. The number of benzene rings is 2. The minimum absolute atomic E-state index is 0.0157. The normalized spacial score (nSPS) is 17.8. The minimum Gasteiger partial charge on any atom is -0.492 e. The van der Waals surface area contributed by atoms with Crippen LogP contribution >= 0.6 is 23.2 Å². The Bertz CT molecular complexity index is 715. The second-order valence-corrected chi connectivity index (χ2v) is 6.62. The van der Waals surface area contributed by atoms with Crippen molar-refractivity contribution in [1.82, 2.24) is 5.32 Å². The largest absolute Gasteiger partial charge is 0.492 e. The van der Waals surface area contributed by atoms with Crippen molar-refractivity contribution >= 4 is 29.1 Å². The van der Waals surface area contributed by atoms with Crippen molar-refractivity contribution in [1.29, 1.82) is 0 Å². The van der Waals surface area contributed by atoms with Crippen LogP contribution in [-0.2, 0) is 11.2 Å². The zero-order valence-electron chi connectivity index (χ0n) is 12.7. The molecule has 1 N–H and O–H groups in total. The lowest BCUT2D eigenvalue weighted by atomic mass is 9.95. The lowest BCUT2D eigenvalue weighted by Gasteiger charge is -2.26. The Hall–Kier alpha value is -1.71. The summed E-state index contributed by atoms with van der Waals surface area (Å²) in [6, 6.07) is 12.9. The Kier molecular flexibility index (Phi) is 4.79. The predicted molar refractivity (Wildman–Crippen MR) is 92.2 cm³/mol.